The van der Waals surface area contributed by atoms with Crippen LogP contribution in [0.4, 0.5) is 0 Å². The van der Waals surface area contributed by atoms with Crippen molar-refractivity contribution in [3.05, 3.63) is 15.6 Å². The molecule has 3 heterocycles. The molecule has 0 saturated carbocycles. The van der Waals surface area contributed by atoms with Crippen molar-refractivity contribution in [2.24, 2.45) is 11.3 Å². The molecular formula is C14H21N3O4S2. The van der Waals surface area contributed by atoms with Crippen molar-refractivity contribution in [3.8, 4) is 0 Å². The van der Waals surface area contributed by atoms with Gasteiger partial charge in [-0.15, -0.1) is 11.3 Å². The zero-order valence-electron chi connectivity index (χ0n) is 13.4. The van der Waals surface area contributed by atoms with E-state index in [1.807, 2.05) is 13.8 Å². The molecule has 2 fully saturated rings. The molecule has 23 heavy (non-hydrogen) atoms. The second kappa shape index (κ2) is 5.51. The molecule has 1 aromatic rings. The number of carboxylic acid groups (broad SMARTS) is 1. The Kier molecular flexibility index (Phi) is 4.03. The molecule has 1 aromatic heterocycles. The normalized spacial score (nSPS) is 29.1. The maximum atomic E-state index is 11.9. The highest BCUT2D eigenvalue weighted by atomic mass is 32.2. The Morgan fingerprint density at radius 3 is 2.57 bits per heavy atom. The van der Waals surface area contributed by atoms with Gasteiger partial charge in [0, 0.05) is 43.5 Å². The van der Waals surface area contributed by atoms with E-state index in [1.54, 1.807) is 11.3 Å². The fourth-order valence-corrected chi connectivity index (χ4v) is 5.47. The van der Waals surface area contributed by atoms with Gasteiger partial charge in [0.25, 0.3) is 0 Å². The molecule has 2 saturated heterocycles. The summed E-state index contributed by atoms with van der Waals surface area (Å²) in [7, 11) is -3.36. The molecule has 0 aliphatic carbocycles. The number of aromatic nitrogens is 1. The summed E-state index contributed by atoms with van der Waals surface area (Å²) in [6.45, 7) is 5.93. The van der Waals surface area contributed by atoms with Gasteiger partial charge in [-0.1, -0.05) is 0 Å². The van der Waals surface area contributed by atoms with Crippen LogP contribution < -0.4 is 0 Å². The van der Waals surface area contributed by atoms with Crippen LogP contribution in [0, 0.1) is 25.2 Å². The van der Waals surface area contributed by atoms with E-state index in [0.717, 1.165) is 21.8 Å². The predicted molar refractivity (Wildman–Crippen MR) is 86.8 cm³/mol. The summed E-state index contributed by atoms with van der Waals surface area (Å²) >= 11 is 1.64. The summed E-state index contributed by atoms with van der Waals surface area (Å²) in [5.41, 5.74) is -0.00446. The largest absolute Gasteiger partial charge is 0.481 e. The van der Waals surface area contributed by atoms with Gasteiger partial charge in [-0.2, -0.15) is 0 Å². The molecule has 0 bridgehead atoms. The molecule has 9 heteroatoms. The number of hydrogen-bond acceptors (Lipinski definition) is 6. The topological polar surface area (TPSA) is 90.8 Å². The van der Waals surface area contributed by atoms with Crippen LogP contribution in [0.25, 0.3) is 0 Å². The average Bonchev–Trinajstić information content (AvgIpc) is 3.00. The number of aliphatic carboxylic acids is 1. The number of rotatable bonds is 4. The molecule has 7 nitrogen and oxygen atoms in total. The highest BCUT2D eigenvalue weighted by molar-refractivity contribution is 7.88. The second-order valence-corrected chi connectivity index (χ2v) is 10.0. The Balaban J connectivity index is 1.79. The van der Waals surface area contributed by atoms with Gasteiger partial charge in [-0.05, 0) is 13.8 Å². The molecule has 0 amide bonds. The second-order valence-electron chi connectivity index (χ2n) is 6.62. The highest BCUT2D eigenvalue weighted by Gasteiger charge is 2.59. The Morgan fingerprint density at radius 1 is 1.39 bits per heavy atom. The van der Waals surface area contributed by atoms with Crippen molar-refractivity contribution in [1.82, 2.24) is 14.2 Å². The molecule has 1 N–H and O–H groups in total. The van der Waals surface area contributed by atoms with Crippen LogP contribution in [0.1, 0.15) is 15.6 Å². The van der Waals surface area contributed by atoms with Crippen molar-refractivity contribution >= 4 is 27.3 Å². The monoisotopic (exact) mass is 359 g/mol. The van der Waals surface area contributed by atoms with E-state index >= 15 is 0 Å². The third-order valence-electron chi connectivity index (χ3n) is 4.92. The number of carboxylic acids is 1. The van der Waals surface area contributed by atoms with Crippen LogP contribution >= 0.6 is 11.3 Å². The van der Waals surface area contributed by atoms with Gasteiger partial charge < -0.3 is 5.11 Å². The first-order valence-corrected chi connectivity index (χ1v) is 10.1. The summed E-state index contributed by atoms with van der Waals surface area (Å²) in [6, 6.07) is 0. The lowest BCUT2D eigenvalue weighted by atomic mass is 9.81. The van der Waals surface area contributed by atoms with Crippen molar-refractivity contribution in [3.63, 3.8) is 0 Å². The van der Waals surface area contributed by atoms with Gasteiger partial charge in [0.15, 0.2) is 0 Å². The number of sulfonamides is 1. The summed E-state index contributed by atoms with van der Waals surface area (Å²) in [4.78, 5) is 19.6. The van der Waals surface area contributed by atoms with E-state index in [0.29, 0.717) is 19.6 Å². The van der Waals surface area contributed by atoms with E-state index < -0.39 is 21.4 Å². The number of carbonyl (C=O) groups is 1. The van der Waals surface area contributed by atoms with Gasteiger partial charge in [0.05, 0.1) is 22.4 Å². The van der Waals surface area contributed by atoms with Crippen molar-refractivity contribution in [1.29, 1.82) is 0 Å². The van der Waals surface area contributed by atoms with Crippen LogP contribution in [0.5, 0.6) is 0 Å². The minimum atomic E-state index is -3.36. The summed E-state index contributed by atoms with van der Waals surface area (Å²) in [5, 5.41) is 10.7. The van der Waals surface area contributed by atoms with Gasteiger partial charge in [-0.25, -0.2) is 17.7 Å². The molecule has 0 unspecified atom stereocenters. The first-order valence-electron chi connectivity index (χ1n) is 7.45. The molecule has 0 radical (unpaired) electrons. The van der Waals surface area contributed by atoms with Gasteiger partial charge in [0.2, 0.25) is 10.0 Å². The smallest absolute Gasteiger partial charge is 0.312 e. The summed E-state index contributed by atoms with van der Waals surface area (Å²) < 4.78 is 24.8. The minimum absolute atomic E-state index is 0.0669. The Hall–Kier alpha value is -1.03. The third-order valence-corrected chi connectivity index (χ3v) is 7.06. The molecule has 2 aliphatic rings. The SMILES string of the molecule is Cc1nc(CN2C[C@H]3CN(S(C)(=O)=O)C[C@@]3(C(=O)O)C2)c(C)s1. The van der Waals surface area contributed by atoms with E-state index in [4.69, 9.17) is 0 Å². The van der Waals surface area contributed by atoms with E-state index in [2.05, 4.69) is 9.88 Å². The summed E-state index contributed by atoms with van der Waals surface area (Å²) in [6.07, 6.45) is 1.14. The fraction of sp³-hybridized carbons (Fsp3) is 0.714. The van der Waals surface area contributed by atoms with E-state index in [1.165, 1.54) is 4.31 Å². The summed E-state index contributed by atoms with van der Waals surface area (Å²) in [5.74, 6) is -1.07. The number of nitrogens with zero attached hydrogens (tertiary/aromatic N) is 3. The first kappa shape index (κ1) is 16.8. The predicted octanol–water partition coefficient (Wildman–Crippen LogP) is 0.538. The van der Waals surface area contributed by atoms with E-state index in [9.17, 15) is 18.3 Å². The molecule has 0 aromatic carbocycles. The van der Waals surface area contributed by atoms with Crippen molar-refractivity contribution in [2.75, 3.05) is 32.4 Å². The number of fused-ring (bicyclic) bond motifs is 1. The third kappa shape index (κ3) is 2.90. The van der Waals surface area contributed by atoms with Crippen LogP contribution in [0.2, 0.25) is 0 Å². The van der Waals surface area contributed by atoms with Gasteiger partial charge in [0.1, 0.15) is 0 Å². The van der Waals surface area contributed by atoms with Gasteiger partial charge >= 0.3 is 5.97 Å². The van der Waals surface area contributed by atoms with Crippen LogP contribution in [0.3, 0.4) is 0 Å². The molecule has 0 spiro atoms. The molecular weight excluding hydrogens is 338 g/mol. The number of thiazole rings is 1. The minimum Gasteiger partial charge on any atom is -0.481 e. The number of aryl methyl sites for hydroxylation is 2. The molecule has 128 valence electrons. The van der Waals surface area contributed by atoms with Crippen molar-refractivity contribution < 1.29 is 18.3 Å². The zero-order chi connectivity index (χ0) is 17.0. The number of hydrogen-bond donors (Lipinski definition) is 1. The Labute approximate surface area is 140 Å². The number of likely N-dealkylation sites (tertiary alicyclic amines) is 1. The van der Waals surface area contributed by atoms with E-state index in [-0.39, 0.29) is 19.0 Å². The Morgan fingerprint density at radius 2 is 2.09 bits per heavy atom. The lowest BCUT2D eigenvalue weighted by molar-refractivity contribution is -0.148. The fourth-order valence-electron chi connectivity index (χ4n) is 3.73. The average molecular weight is 359 g/mol. The maximum Gasteiger partial charge on any atom is 0.312 e. The molecule has 2 atom stereocenters. The van der Waals surface area contributed by atoms with Crippen LogP contribution in [-0.4, -0.2) is 66.1 Å². The van der Waals surface area contributed by atoms with Crippen LogP contribution in [-0.2, 0) is 21.4 Å². The lowest BCUT2D eigenvalue weighted by Crippen LogP contribution is -2.41. The quantitative estimate of drug-likeness (QED) is 0.844. The lowest BCUT2D eigenvalue weighted by Gasteiger charge is -2.24. The van der Waals surface area contributed by atoms with Crippen molar-refractivity contribution in [2.45, 2.75) is 20.4 Å². The van der Waals surface area contributed by atoms with Gasteiger partial charge in [-0.3, -0.25) is 9.69 Å². The molecule has 3 rings (SSSR count). The first-order chi connectivity index (χ1) is 10.6. The molecule has 2 aliphatic heterocycles. The van der Waals surface area contributed by atoms with Crippen LogP contribution in [0.15, 0.2) is 0 Å². The zero-order valence-corrected chi connectivity index (χ0v) is 15.1. The standard InChI is InChI=1S/C14H21N3O4S2/c1-9-12(15-10(2)22-9)6-16-4-11-5-17(23(3,20)21)8-14(11,7-16)13(18)19/h11H,4-8H2,1-3H3,(H,18,19)/t11-,14-/m0/s1. The Bertz CT molecular complexity index is 745. The maximum absolute atomic E-state index is 11.9. The highest BCUT2D eigenvalue weighted by Crippen LogP contribution is 2.44.